The van der Waals surface area contributed by atoms with Crippen molar-refractivity contribution in [1.82, 2.24) is 4.57 Å². The van der Waals surface area contributed by atoms with Gasteiger partial charge in [-0.3, -0.25) is 0 Å². The van der Waals surface area contributed by atoms with Crippen molar-refractivity contribution in [1.29, 1.82) is 0 Å². The third-order valence-corrected chi connectivity index (χ3v) is 12.1. The van der Waals surface area contributed by atoms with Gasteiger partial charge >= 0.3 is 206 Å². The van der Waals surface area contributed by atoms with E-state index in [1.54, 1.807) is 0 Å². The summed E-state index contributed by atoms with van der Waals surface area (Å²) < 4.78 is 9.04. The summed E-state index contributed by atoms with van der Waals surface area (Å²) in [5.41, 5.74) is 6.78. The Kier molecular flexibility index (Phi) is 3.91. The fourth-order valence-corrected chi connectivity index (χ4v) is 11.2. The number of aromatic nitrogens is 1. The zero-order valence-electron chi connectivity index (χ0n) is 17.4. The summed E-state index contributed by atoms with van der Waals surface area (Å²) in [5.74, 6) is -0.142. The summed E-state index contributed by atoms with van der Waals surface area (Å²) in [6.45, 7) is 4.60. The van der Waals surface area contributed by atoms with Crippen molar-refractivity contribution < 1.29 is 9.59 Å². The number of carbonyl (C=O) groups is 2. The van der Waals surface area contributed by atoms with Crippen LogP contribution in [0, 0.1) is 0 Å². The van der Waals surface area contributed by atoms with Crippen LogP contribution in [-0.2, 0) is 5.41 Å². The molecule has 32 heavy (non-hydrogen) atoms. The second-order valence-electron chi connectivity index (χ2n) is 8.96. The maximum atomic E-state index is 12.9. The number of ketones is 2. The van der Waals surface area contributed by atoms with Crippen molar-refractivity contribution >= 4 is 80.3 Å². The first kappa shape index (κ1) is 19.3. The van der Waals surface area contributed by atoms with Gasteiger partial charge in [0.25, 0.3) is 0 Å². The Morgan fingerprint density at radius 2 is 1.59 bits per heavy atom. The van der Waals surface area contributed by atoms with Gasteiger partial charge in [0.2, 0.25) is 0 Å². The molecule has 3 nitrogen and oxygen atoms in total. The predicted octanol–water partition coefficient (Wildman–Crippen LogP) is 5.00. The van der Waals surface area contributed by atoms with E-state index in [0.717, 1.165) is 0 Å². The first-order valence-corrected chi connectivity index (χ1v) is 15.5. The number of para-hydroxylation sites is 2. The van der Waals surface area contributed by atoms with Crippen LogP contribution in [0.5, 0.6) is 0 Å². The molecule has 2 aliphatic rings. The molecule has 0 atom stereocenters. The predicted molar refractivity (Wildman–Crippen MR) is 130 cm³/mol. The third kappa shape index (κ3) is 2.33. The van der Waals surface area contributed by atoms with E-state index in [-0.39, 0.29) is 17.0 Å². The minimum atomic E-state index is -0.754. The van der Waals surface area contributed by atoms with Crippen molar-refractivity contribution in [2.75, 3.05) is 0 Å². The molecule has 0 spiro atoms. The second kappa shape index (κ2) is 6.47. The second-order valence-corrected chi connectivity index (χ2v) is 14.1. The third-order valence-electron chi connectivity index (χ3n) is 6.90. The van der Waals surface area contributed by atoms with Crippen LogP contribution >= 0.6 is 0 Å². The molecular formula is C27H17NO2Te2. The Hall–Kier alpha value is -2.14. The molecular weight excluding hydrogens is 626 g/mol. The van der Waals surface area contributed by atoms with Gasteiger partial charge < -0.3 is 0 Å². The molecule has 5 heteroatoms. The van der Waals surface area contributed by atoms with E-state index in [2.05, 4.69) is 66.9 Å². The summed E-state index contributed by atoms with van der Waals surface area (Å²) in [5, 5.41) is 2.58. The van der Waals surface area contributed by atoms with Crippen molar-refractivity contribution in [2.45, 2.75) is 19.3 Å². The van der Waals surface area contributed by atoms with E-state index in [1.807, 2.05) is 14.2 Å². The molecule has 0 bridgehead atoms. The van der Waals surface area contributed by atoms with Crippen molar-refractivity contribution in [3.63, 3.8) is 0 Å². The van der Waals surface area contributed by atoms with E-state index in [0.29, 0.717) is 16.7 Å². The van der Waals surface area contributed by atoms with E-state index in [1.165, 1.54) is 40.2 Å². The summed E-state index contributed by atoms with van der Waals surface area (Å²) in [7, 11) is 0. The standard InChI is InChI=1S/C27H17NO2Te2/c1-27(2)20-8-5-7-16-15-6-3-4-9-22(15)28(23(16)20)26-21(27)11-14(32-26)10-17-24(29)18-12-31-13-19(18)25(17)30/h3-13H,1-2H3. The van der Waals surface area contributed by atoms with Gasteiger partial charge in [0, 0.05) is 0 Å². The Morgan fingerprint density at radius 1 is 0.875 bits per heavy atom. The van der Waals surface area contributed by atoms with Gasteiger partial charge in [-0.2, -0.15) is 0 Å². The molecule has 1 aliphatic heterocycles. The van der Waals surface area contributed by atoms with Gasteiger partial charge in [0.1, 0.15) is 0 Å². The number of carbonyl (C=O) groups excluding carboxylic acids is 2. The monoisotopic (exact) mass is 647 g/mol. The van der Waals surface area contributed by atoms with E-state index in [9.17, 15) is 9.59 Å². The number of fused-ring (bicyclic) bond motifs is 6. The topological polar surface area (TPSA) is 39.1 Å². The zero-order valence-corrected chi connectivity index (χ0v) is 22.1. The summed E-state index contributed by atoms with van der Waals surface area (Å²) >= 11 is -1.21. The normalized spacial score (nSPS) is 16.1. The van der Waals surface area contributed by atoms with Crippen molar-refractivity contribution in [3.8, 4) is 3.70 Å². The maximum absolute atomic E-state index is 12.9. The number of benzene rings is 2. The molecule has 0 saturated heterocycles. The molecule has 5 aromatic rings. The number of allylic oxidation sites excluding steroid dienone is 1. The Labute approximate surface area is 204 Å². The van der Waals surface area contributed by atoms with Crippen molar-refractivity contribution in [3.05, 3.63) is 88.1 Å². The molecule has 4 heterocycles. The van der Waals surface area contributed by atoms with Crippen LogP contribution in [-0.4, -0.2) is 57.0 Å². The quantitative estimate of drug-likeness (QED) is 0.147. The van der Waals surface area contributed by atoms with E-state index >= 15 is 0 Å². The van der Waals surface area contributed by atoms with Crippen molar-refractivity contribution in [2.24, 2.45) is 0 Å². The fourth-order valence-electron chi connectivity index (χ4n) is 5.28. The first-order chi connectivity index (χ1) is 15.5. The van der Waals surface area contributed by atoms with Crippen LogP contribution in [0.25, 0.3) is 31.6 Å². The summed E-state index contributed by atoms with van der Waals surface area (Å²) in [6, 6.07) is 17.5. The first-order valence-electron chi connectivity index (χ1n) is 10.5. The number of nitrogens with zero attached hydrogens (tertiary/aromatic N) is 1. The van der Waals surface area contributed by atoms with Gasteiger partial charge in [-0.25, -0.2) is 0 Å². The van der Waals surface area contributed by atoms with Crippen LogP contribution in [0.3, 0.4) is 0 Å². The molecule has 0 amide bonds. The molecule has 0 fully saturated rings. The molecule has 2 aromatic carbocycles. The average Bonchev–Trinajstić information content (AvgIpc) is 3.54. The van der Waals surface area contributed by atoms with Gasteiger partial charge in [0.15, 0.2) is 0 Å². The van der Waals surface area contributed by atoms with Crippen LogP contribution in [0.4, 0.5) is 0 Å². The molecule has 0 radical (unpaired) electrons. The summed E-state index contributed by atoms with van der Waals surface area (Å²) in [6.07, 6.45) is 1.91. The molecule has 154 valence electrons. The summed E-state index contributed by atoms with van der Waals surface area (Å²) in [4.78, 5) is 25.8. The fraction of sp³-hybridized carbons (Fsp3) is 0.111. The van der Waals surface area contributed by atoms with E-state index in [4.69, 9.17) is 0 Å². The van der Waals surface area contributed by atoms with Gasteiger partial charge in [-0.1, -0.05) is 0 Å². The van der Waals surface area contributed by atoms with E-state index < -0.39 is 40.9 Å². The van der Waals surface area contributed by atoms with Crippen LogP contribution in [0.2, 0.25) is 0 Å². The number of hydrogen-bond acceptors (Lipinski definition) is 2. The number of Topliss-reactive ketones (excluding diaryl/α,β-unsaturated/α-hetero) is 2. The molecule has 0 saturated carbocycles. The molecule has 0 unspecified atom stereocenters. The Morgan fingerprint density at radius 3 is 2.38 bits per heavy atom. The SMILES string of the molecule is CC1(C)c2cc(C=C3C(=O)c4c[te]cc4C3=O)[te]c2-n2c3ccccc3c3cccc1c32. The average molecular weight is 643 g/mol. The Balaban J connectivity index is 1.51. The molecule has 3 aromatic heterocycles. The van der Waals surface area contributed by atoms with Gasteiger partial charge in [-0.05, 0) is 0 Å². The van der Waals surface area contributed by atoms with Crippen LogP contribution in [0.15, 0.2) is 62.3 Å². The molecule has 1 aliphatic carbocycles. The van der Waals surface area contributed by atoms with Crippen LogP contribution in [0.1, 0.15) is 49.3 Å². The van der Waals surface area contributed by atoms with Gasteiger partial charge in [0.05, 0.1) is 0 Å². The Bertz CT molecular complexity index is 1660. The molecule has 0 N–H and O–H groups in total. The zero-order chi connectivity index (χ0) is 21.8. The number of hydrogen-bond donors (Lipinski definition) is 0. The van der Waals surface area contributed by atoms with Crippen LogP contribution < -0.4 is 0 Å². The minimum absolute atomic E-state index is 0.0709. The number of rotatable bonds is 1. The van der Waals surface area contributed by atoms with Gasteiger partial charge in [-0.15, -0.1) is 0 Å². The molecule has 7 rings (SSSR count).